The van der Waals surface area contributed by atoms with Crippen molar-refractivity contribution in [1.82, 2.24) is 0 Å². The van der Waals surface area contributed by atoms with Crippen LogP contribution in [0.25, 0.3) is 0 Å². The standard InChI is InChI=1S/C14H23N3/c1-11-9-12(17-7-3-2-4-8-17)5-6-13(11)14(16)10-15/h5-6,9,14H,2-4,7-8,10,15-16H2,1H3/t14-/m1/s1. The summed E-state index contributed by atoms with van der Waals surface area (Å²) in [4.78, 5) is 2.47. The average Bonchev–Trinajstić information content (AvgIpc) is 2.39. The zero-order valence-electron chi connectivity index (χ0n) is 10.7. The summed E-state index contributed by atoms with van der Waals surface area (Å²) in [7, 11) is 0. The summed E-state index contributed by atoms with van der Waals surface area (Å²) in [5, 5.41) is 0. The summed E-state index contributed by atoms with van der Waals surface area (Å²) in [5.41, 5.74) is 15.4. The van der Waals surface area contributed by atoms with E-state index in [1.54, 1.807) is 0 Å². The molecule has 1 saturated heterocycles. The van der Waals surface area contributed by atoms with Crippen molar-refractivity contribution in [3.8, 4) is 0 Å². The normalized spacial score (nSPS) is 18.2. The van der Waals surface area contributed by atoms with Crippen molar-refractivity contribution in [2.45, 2.75) is 32.2 Å². The summed E-state index contributed by atoms with van der Waals surface area (Å²) < 4.78 is 0. The van der Waals surface area contributed by atoms with Gasteiger partial charge in [0.1, 0.15) is 0 Å². The van der Waals surface area contributed by atoms with Crippen molar-refractivity contribution in [3.05, 3.63) is 29.3 Å². The van der Waals surface area contributed by atoms with Gasteiger partial charge in [-0.05, 0) is 49.4 Å². The maximum atomic E-state index is 5.99. The molecule has 1 aromatic carbocycles. The smallest absolute Gasteiger partial charge is 0.0422 e. The number of nitrogens with two attached hydrogens (primary N) is 2. The number of nitrogens with zero attached hydrogens (tertiary/aromatic N) is 1. The second kappa shape index (κ2) is 5.52. The van der Waals surface area contributed by atoms with E-state index >= 15 is 0 Å². The predicted molar refractivity (Wildman–Crippen MR) is 73.2 cm³/mol. The van der Waals surface area contributed by atoms with Crippen LogP contribution in [0.5, 0.6) is 0 Å². The first-order chi connectivity index (χ1) is 8.22. The molecule has 0 spiro atoms. The third kappa shape index (κ3) is 2.79. The molecular weight excluding hydrogens is 210 g/mol. The van der Waals surface area contributed by atoms with Crippen molar-refractivity contribution in [3.63, 3.8) is 0 Å². The van der Waals surface area contributed by atoms with Crippen LogP contribution in [0.3, 0.4) is 0 Å². The first-order valence-electron chi connectivity index (χ1n) is 6.53. The molecule has 0 bridgehead atoms. The molecule has 0 amide bonds. The van der Waals surface area contributed by atoms with Crippen LogP contribution in [-0.4, -0.2) is 19.6 Å². The lowest BCUT2D eigenvalue weighted by atomic mass is 10.0. The maximum absolute atomic E-state index is 5.99. The molecular formula is C14H23N3. The van der Waals surface area contributed by atoms with Gasteiger partial charge in [0.15, 0.2) is 0 Å². The van der Waals surface area contributed by atoms with Gasteiger partial charge >= 0.3 is 0 Å². The number of hydrogen-bond donors (Lipinski definition) is 2. The average molecular weight is 233 g/mol. The molecule has 0 aromatic heterocycles. The van der Waals surface area contributed by atoms with Crippen LogP contribution in [0.1, 0.15) is 36.4 Å². The fraction of sp³-hybridized carbons (Fsp3) is 0.571. The Morgan fingerprint density at radius 2 is 1.94 bits per heavy atom. The van der Waals surface area contributed by atoms with Crippen LogP contribution in [0.4, 0.5) is 5.69 Å². The fourth-order valence-electron chi connectivity index (χ4n) is 2.55. The molecule has 1 heterocycles. The lowest BCUT2D eigenvalue weighted by Gasteiger charge is -2.29. The second-order valence-corrected chi connectivity index (χ2v) is 4.93. The SMILES string of the molecule is Cc1cc(N2CCCCC2)ccc1[C@H](N)CN. The van der Waals surface area contributed by atoms with Crippen LogP contribution >= 0.6 is 0 Å². The van der Waals surface area contributed by atoms with Crippen molar-refractivity contribution < 1.29 is 0 Å². The van der Waals surface area contributed by atoms with Gasteiger partial charge in [0.2, 0.25) is 0 Å². The van der Waals surface area contributed by atoms with E-state index < -0.39 is 0 Å². The summed E-state index contributed by atoms with van der Waals surface area (Å²) >= 11 is 0. The summed E-state index contributed by atoms with van der Waals surface area (Å²) in [6.07, 6.45) is 3.98. The number of anilines is 1. The van der Waals surface area contributed by atoms with Crippen LogP contribution in [0.2, 0.25) is 0 Å². The van der Waals surface area contributed by atoms with Crippen molar-refractivity contribution in [2.75, 3.05) is 24.5 Å². The van der Waals surface area contributed by atoms with Gasteiger partial charge in [-0.2, -0.15) is 0 Å². The van der Waals surface area contributed by atoms with E-state index in [9.17, 15) is 0 Å². The molecule has 1 atom stereocenters. The Bertz CT molecular complexity index is 370. The summed E-state index contributed by atoms with van der Waals surface area (Å²) in [6.45, 7) is 4.99. The molecule has 0 radical (unpaired) electrons. The number of rotatable bonds is 3. The van der Waals surface area contributed by atoms with E-state index in [0.717, 1.165) is 0 Å². The lowest BCUT2D eigenvalue weighted by Crippen LogP contribution is -2.29. The largest absolute Gasteiger partial charge is 0.372 e. The first kappa shape index (κ1) is 12.4. The predicted octanol–water partition coefficient (Wildman–Crippen LogP) is 1.94. The molecule has 0 aliphatic carbocycles. The molecule has 0 saturated carbocycles. The number of hydrogen-bond acceptors (Lipinski definition) is 3. The molecule has 1 aliphatic rings. The van der Waals surface area contributed by atoms with E-state index in [2.05, 4.69) is 30.0 Å². The summed E-state index contributed by atoms with van der Waals surface area (Å²) in [5.74, 6) is 0. The number of benzene rings is 1. The number of piperidine rings is 1. The minimum atomic E-state index is -0.0367. The molecule has 3 heteroatoms. The molecule has 4 N–H and O–H groups in total. The van der Waals surface area contributed by atoms with E-state index in [1.807, 2.05) is 0 Å². The van der Waals surface area contributed by atoms with Crippen LogP contribution in [0, 0.1) is 6.92 Å². The molecule has 17 heavy (non-hydrogen) atoms. The van der Waals surface area contributed by atoms with Gasteiger partial charge < -0.3 is 16.4 Å². The van der Waals surface area contributed by atoms with Crippen molar-refractivity contribution >= 4 is 5.69 Å². The van der Waals surface area contributed by atoms with Crippen LogP contribution in [-0.2, 0) is 0 Å². The van der Waals surface area contributed by atoms with Gasteiger partial charge in [0, 0.05) is 31.4 Å². The topological polar surface area (TPSA) is 55.3 Å². The summed E-state index contributed by atoms with van der Waals surface area (Å²) in [6, 6.07) is 6.53. The van der Waals surface area contributed by atoms with E-state index in [0.29, 0.717) is 6.54 Å². The lowest BCUT2D eigenvalue weighted by molar-refractivity contribution is 0.577. The highest BCUT2D eigenvalue weighted by Gasteiger charge is 2.13. The highest BCUT2D eigenvalue weighted by molar-refractivity contribution is 5.51. The molecule has 1 aromatic rings. The minimum Gasteiger partial charge on any atom is -0.372 e. The molecule has 1 fully saturated rings. The van der Waals surface area contributed by atoms with E-state index in [1.165, 1.54) is 49.2 Å². The molecule has 94 valence electrons. The fourth-order valence-corrected chi connectivity index (χ4v) is 2.55. The van der Waals surface area contributed by atoms with E-state index in [4.69, 9.17) is 11.5 Å². The van der Waals surface area contributed by atoms with Crippen LogP contribution in [0.15, 0.2) is 18.2 Å². The molecule has 3 nitrogen and oxygen atoms in total. The Morgan fingerprint density at radius 1 is 1.24 bits per heavy atom. The van der Waals surface area contributed by atoms with Gasteiger partial charge in [0.05, 0.1) is 0 Å². The minimum absolute atomic E-state index is 0.0367. The highest BCUT2D eigenvalue weighted by Crippen LogP contribution is 2.24. The Morgan fingerprint density at radius 3 is 2.53 bits per heavy atom. The second-order valence-electron chi connectivity index (χ2n) is 4.93. The maximum Gasteiger partial charge on any atom is 0.0422 e. The van der Waals surface area contributed by atoms with Gasteiger partial charge in [-0.15, -0.1) is 0 Å². The Kier molecular flexibility index (Phi) is 4.02. The van der Waals surface area contributed by atoms with Crippen molar-refractivity contribution in [2.24, 2.45) is 11.5 Å². The Hall–Kier alpha value is -1.06. The zero-order chi connectivity index (χ0) is 12.3. The zero-order valence-corrected chi connectivity index (χ0v) is 10.7. The Balaban J connectivity index is 2.17. The first-order valence-corrected chi connectivity index (χ1v) is 6.53. The molecule has 0 unspecified atom stereocenters. The number of aryl methyl sites for hydroxylation is 1. The quantitative estimate of drug-likeness (QED) is 0.839. The third-order valence-corrected chi connectivity index (χ3v) is 3.63. The van der Waals surface area contributed by atoms with E-state index in [-0.39, 0.29) is 6.04 Å². The molecule has 2 rings (SSSR count). The van der Waals surface area contributed by atoms with Gasteiger partial charge in [-0.3, -0.25) is 0 Å². The van der Waals surface area contributed by atoms with Gasteiger partial charge in [0.25, 0.3) is 0 Å². The highest BCUT2D eigenvalue weighted by atomic mass is 15.1. The third-order valence-electron chi connectivity index (χ3n) is 3.63. The Labute approximate surface area is 104 Å². The van der Waals surface area contributed by atoms with Crippen molar-refractivity contribution in [1.29, 1.82) is 0 Å². The molecule has 1 aliphatic heterocycles. The van der Waals surface area contributed by atoms with Gasteiger partial charge in [-0.25, -0.2) is 0 Å². The monoisotopic (exact) mass is 233 g/mol. The van der Waals surface area contributed by atoms with Gasteiger partial charge in [-0.1, -0.05) is 6.07 Å². The van der Waals surface area contributed by atoms with Crippen LogP contribution < -0.4 is 16.4 Å².